The Bertz CT molecular complexity index is 627. The number of pyridine rings is 1. The Morgan fingerprint density at radius 2 is 1.61 bits per heavy atom. The van der Waals surface area contributed by atoms with Gasteiger partial charge in [0.1, 0.15) is 5.69 Å². The van der Waals surface area contributed by atoms with Crippen LogP contribution in [0.3, 0.4) is 0 Å². The average Bonchev–Trinajstić information content (AvgIpc) is 2.98. The van der Waals surface area contributed by atoms with Gasteiger partial charge in [0.15, 0.2) is 11.6 Å². The molecule has 9 nitrogen and oxygen atoms in total. The van der Waals surface area contributed by atoms with E-state index in [1.54, 1.807) is 29.7 Å². The minimum atomic E-state index is 0.590. The molecule has 0 bridgehead atoms. The van der Waals surface area contributed by atoms with Gasteiger partial charge in [0, 0.05) is 25.9 Å². The molecule has 90 valence electrons. The molecule has 0 unspecified atom stereocenters. The summed E-state index contributed by atoms with van der Waals surface area (Å²) in [5, 5.41) is 22.6. The molecule has 3 heterocycles. The zero-order chi connectivity index (χ0) is 12.5. The molecule has 0 saturated carbocycles. The first-order valence-electron chi connectivity index (χ1n) is 5.17. The molecule has 18 heavy (non-hydrogen) atoms. The molecule has 0 aliphatic carbocycles. The molecular weight excluding hydrogens is 234 g/mol. The van der Waals surface area contributed by atoms with Crippen LogP contribution in [0.25, 0.3) is 22.9 Å². The summed E-state index contributed by atoms with van der Waals surface area (Å²) in [7, 11) is 3.53. The van der Waals surface area contributed by atoms with Gasteiger partial charge in [0.2, 0.25) is 0 Å². The highest BCUT2D eigenvalue weighted by atomic mass is 15.5. The Hall–Kier alpha value is -2.71. The van der Waals surface area contributed by atoms with E-state index in [0.717, 1.165) is 5.56 Å². The van der Waals surface area contributed by atoms with Crippen LogP contribution in [0.5, 0.6) is 0 Å². The Morgan fingerprint density at radius 3 is 2.22 bits per heavy atom. The molecule has 0 spiro atoms. The summed E-state index contributed by atoms with van der Waals surface area (Å²) in [5.74, 6) is 1.25. The molecule has 9 heteroatoms. The average molecular weight is 243 g/mol. The number of tetrazole rings is 2. The predicted molar refractivity (Wildman–Crippen MR) is 59.8 cm³/mol. The van der Waals surface area contributed by atoms with Crippen LogP contribution in [0, 0.1) is 0 Å². The van der Waals surface area contributed by atoms with Crippen molar-refractivity contribution >= 4 is 0 Å². The van der Waals surface area contributed by atoms with Gasteiger partial charge in [0.05, 0.1) is 0 Å². The third-order valence-corrected chi connectivity index (χ3v) is 2.49. The quantitative estimate of drug-likeness (QED) is 0.596. The second-order valence-corrected chi connectivity index (χ2v) is 3.68. The van der Waals surface area contributed by atoms with E-state index in [1.165, 1.54) is 0 Å². The van der Waals surface area contributed by atoms with Crippen LogP contribution in [0.2, 0.25) is 0 Å². The molecule has 0 aliphatic rings. The van der Waals surface area contributed by atoms with Crippen LogP contribution < -0.4 is 0 Å². The largest absolute Gasteiger partial charge is 0.253 e. The smallest absolute Gasteiger partial charge is 0.200 e. The summed E-state index contributed by atoms with van der Waals surface area (Å²) in [6, 6.07) is 3.68. The fourth-order valence-electron chi connectivity index (χ4n) is 1.61. The lowest BCUT2D eigenvalue weighted by atomic mass is 10.2. The van der Waals surface area contributed by atoms with Crippen LogP contribution in [0.1, 0.15) is 0 Å². The minimum Gasteiger partial charge on any atom is -0.253 e. The molecular formula is C9H9N9. The van der Waals surface area contributed by atoms with Crippen molar-refractivity contribution in [1.82, 2.24) is 45.4 Å². The van der Waals surface area contributed by atoms with E-state index < -0.39 is 0 Å². The van der Waals surface area contributed by atoms with Gasteiger partial charge in [-0.3, -0.25) is 4.98 Å². The van der Waals surface area contributed by atoms with Crippen LogP contribution in [0.4, 0.5) is 0 Å². The van der Waals surface area contributed by atoms with Crippen molar-refractivity contribution in [1.29, 1.82) is 0 Å². The summed E-state index contributed by atoms with van der Waals surface area (Å²) in [6.07, 6.45) is 1.67. The van der Waals surface area contributed by atoms with Gasteiger partial charge in [0.25, 0.3) is 0 Å². The Morgan fingerprint density at radius 1 is 0.944 bits per heavy atom. The first-order valence-corrected chi connectivity index (χ1v) is 5.17. The lowest BCUT2D eigenvalue weighted by molar-refractivity contribution is 0.713. The van der Waals surface area contributed by atoms with E-state index in [-0.39, 0.29) is 0 Å². The molecule has 3 aromatic rings. The topological polar surface area (TPSA) is 100 Å². The normalized spacial score (nSPS) is 10.8. The zero-order valence-corrected chi connectivity index (χ0v) is 9.76. The maximum absolute atomic E-state index is 4.24. The van der Waals surface area contributed by atoms with Crippen molar-refractivity contribution in [2.75, 3.05) is 0 Å². The lowest BCUT2D eigenvalue weighted by Gasteiger charge is -2.01. The van der Waals surface area contributed by atoms with E-state index in [0.29, 0.717) is 17.3 Å². The van der Waals surface area contributed by atoms with Gasteiger partial charge in [-0.05, 0) is 33.0 Å². The number of nitrogens with zero attached hydrogens (tertiary/aromatic N) is 9. The maximum Gasteiger partial charge on any atom is 0.200 e. The molecule has 0 saturated heterocycles. The highest BCUT2D eigenvalue weighted by Gasteiger charge is 2.11. The fourth-order valence-corrected chi connectivity index (χ4v) is 1.61. The van der Waals surface area contributed by atoms with Crippen LogP contribution in [-0.2, 0) is 14.1 Å². The molecule has 0 fully saturated rings. The van der Waals surface area contributed by atoms with E-state index in [9.17, 15) is 0 Å². The summed E-state index contributed by atoms with van der Waals surface area (Å²) < 4.78 is 3.15. The highest BCUT2D eigenvalue weighted by molar-refractivity contribution is 5.62. The van der Waals surface area contributed by atoms with Gasteiger partial charge >= 0.3 is 0 Å². The van der Waals surface area contributed by atoms with Crippen molar-refractivity contribution < 1.29 is 0 Å². The lowest BCUT2D eigenvalue weighted by Crippen LogP contribution is -1.98. The van der Waals surface area contributed by atoms with Gasteiger partial charge in [-0.15, -0.1) is 10.2 Å². The number of aryl methyl sites for hydroxylation is 2. The molecule has 0 aromatic carbocycles. The SMILES string of the molecule is Cn1nnnc1-c1ccnc(-c2nnnn2C)c1. The summed E-state index contributed by atoms with van der Waals surface area (Å²) in [6.45, 7) is 0. The van der Waals surface area contributed by atoms with Gasteiger partial charge in [-0.2, -0.15) is 0 Å². The third kappa shape index (κ3) is 1.61. The van der Waals surface area contributed by atoms with E-state index in [4.69, 9.17) is 0 Å². The number of aromatic nitrogens is 9. The van der Waals surface area contributed by atoms with Crippen LogP contribution in [0.15, 0.2) is 18.3 Å². The second kappa shape index (κ2) is 3.95. The van der Waals surface area contributed by atoms with Crippen LogP contribution in [-0.4, -0.2) is 45.4 Å². The summed E-state index contributed by atoms with van der Waals surface area (Å²) >= 11 is 0. The van der Waals surface area contributed by atoms with Gasteiger partial charge in [-0.1, -0.05) is 0 Å². The molecule has 0 N–H and O–H groups in total. The van der Waals surface area contributed by atoms with Gasteiger partial charge < -0.3 is 0 Å². The molecule has 0 amide bonds. The monoisotopic (exact) mass is 243 g/mol. The van der Waals surface area contributed by atoms with Crippen molar-refractivity contribution in [2.45, 2.75) is 0 Å². The standard InChI is InChI=1S/C9H9N9/c1-17-8(11-13-15-17)6-3-4-10-7(5-6)9-12-14-16-18(9)2/h3-5H,1-2H3. The van der Waals surface area contributed by atoms with Crippen molar-refractivity contribution in [3.8, 4) is 22.9 Å². The Labute approximate surface area is 101 Å². The van der Waals surface area contributed by atoms with Crippen LogP contribution >= 0.6 is 0 Å². The molecule has 0 radical (unpaired) electrons. The molecule has 0 atom stereocenters. The molecule has 0 aliphatic heterocycles. The molecule has 3 aromatic heterocycles. The van der Waals surface area contributed by atoms with E-state index in [2.05, 4.69) is 36.0 Å². The van der Waals surface area contributed by atoms with Gasteiger partial charge in [-0.25, -0.2) is 9.36 Å². The first-order chi connectivity index (χ1) is 8.75. The number of hydrogen-bond donors (Lipinski definition) is 0. The van der Waals surface area contributed by atoms with Crippen molar-refractivity contribution in [3.63, 3.8) is 0 Å². The number of hydrogen-bond acceptors (Lipinski definition) is 7. The maximum atomic E-state index is 4.24. The first kappa shape index (κ1) is 10.4. The summed E-state index contributed by atoms with van der Waals surface area (Å²) in [5.41, 5.74) is 1.53. The zero-order valence-electron chi connectivity index (χ0n) is 9.76. The predicted octanol–water partition coefficient (Wildman–Crippen LogP) is -0.537. The minimum absolute atomic E-state index is 0.590. The summed E-state index contributed by atoms with van der Waals surface area (Å²) in [4.78, 5) is 4.24. The fraction of sp³-hybridized carbons (Fsp3) is 0.222. The van der Waals surface area contributed by atoms with Crippen molar-refractivity contribution in [2.24, 2.45) is 14.1 Å². The third-order valence-electron chi connectivity index (χ3n) is 2.49. The number of rotatable bonds is 2. The van der Waals surface area contributed by atoms with E-state index >= 15 is 0 Å². The Kier molecular flexibility index (Phi) is 2.29. The Balaban J connectivity index is 2.11. The molecule has 3 rings (SSSR count). The highest BCUT2D eigenvalue weighted by Crippen LogP contribution is 2.19. The second-order valence-electron chi connectivity index (χ2n) is 3.68. The van der Waals surface area contributed by atoms with E-state index in [1.807, 2.05) is 12.1 Å². The van der Waals surface area contributed by atoms with Crippen molar-refractivity contribution in [3.05, 3.63) is 18.3 Å².